The second-order valence-corrected chi connectivity index (χ2v) is 4.00. The van der Waals surface area contributed by atoms with E-state index in [0.29, 0.717) is 13.0 Å². The Labute approximate surface area is 109 Å². The summed E-state index contributed by atoms with van der Waals surface area (Å²) < 4.78 is 5.68. The van der Waals surface area contributed by atoms with Crippen LogP contribution >= 0.6 is 0 Å². The van der Waals surface area contributed by atoms with Crippen molar-refractivity contribution in [2.24, 2.45) is 0 Å². The number of aldehydes is 1. The van der Waals surface area contributed by atoms with Gasteiger partial charge in [-0.2, -0.15) is 0 Å². The molecule has 0 atom stereocenters. The summed E-state index contributed by atoms with van der Waals surface area (Å²) in [6.45, 7) is 4.57. The molecule has 0 aliphatic carbocycles. The van der Waals surface area contributed by atoms with E-state index < -0.39 is 0 Å². The van der Waals surface area contributed by atoms with Gasteiger partial charge in [-0.3, -0.25) is 0 Å². The lowest BCUT2D eigenvalue weighted by atomic mass is 10.1. The zero-order chi connectivity index (χ0) is 13.2. The first-order chi connectivity index (χ1) is 8.80. The molecule has 0 N–H and O–H groups in total. The maximum absolute atomic E-state index is 10.3. The van der Waals surface area contributed by atoms with Crippen molar-refractivity contribution in [2.45, 2.75) is 26.7 Å². The van der Waals surface area contributed by atoms with Crippen LogP contribution < -0.4 is 4.74 Å². The zero-order valence-electron chi connectivity index (χ0n) is 11.1. The molecule has 0 spiro atoms. The van der Waals surface area contributed by atoms with Crippen LogP contribution in [-0.2, 0) is 11.2 Å². The van der Waals surface area contributed by atoms with Gasteiger partial charge in [0.25, 0.3) is 0 Å². The molecule has 0 aliphatic heterocycles. The molecule has 2 heteroatoms. The largest absolute Gasteiger partial charge is 0.489 e. The van der Waals surface area contributed by atoms with Gasteiger partial charge in [0.05, 0.1) is 0 Å². The fourth-order valence-corrected chi connectivity index (χ4v) is 1.59. The average Bonchev–Trinajstić information content (AvgIpc) is 2.42. The molecule has 0 heterocycles. The Bertz CT molecular complexity index is 413. The molecule has 18 heavy (non-hydrogen) atoms. The number of rotatable bonds is 7. The highest BCUT2D eigenvalue weighted by Crippen LogP contribution is 2.14. The predicted molar refractivity (Wildman–Crippen MR) is 74.9 cm³/mol. The van der Waals surface area contributed by atoms with Crippen LogP contribution in [0, 0.1) is 0 Å². The number of ether oxygens (including phenoxy) is 1. The van der Waals surface area contributed by atoms with Crippen LogP contribution in [0.3, 0.4) is 0 Å². The molecule has 0 fully saturated rings. The molecule has 0 amide bonds. The first-order valence-electron chi connectivity index (χ1n) is 6.23. The van der Waals surface area contributed by atoms with Gasteiger partial charge in [0.1, 0.15) is 18.6 Å². The third kappa shape index (κ3) is 5.00. The molecule has 0 bridgehead atoms. The van der Waals surface area contributed by atoms with Gasteiger partial charge in [-0.15, -0.1) is 0 Å². The van der Waals surface area contributed by atoms with E-state index in [4.69, 9.17) is 4.74 Å². The topological polar surface area (TPSA) is 26.3 Å². The molecule has 1 rings (SSSR count). The number of allylic oxidation sites excluding steroid dienone is 2. The van der Waals surface area contributed by atoms with Crippen molar-refractivity contribution in [3.63, 3.8) is 0 Å². The summed E-state index contributed by atoms with van der Waals surface area (Å²) >= 11 is 0. The molecular formula is C16H20O2. The Morgan fingerprint density at radius 1 is 1.22 bits per heavy atom. The van der Waals surface area contributed by atoms with E-state index in [9.17, 15) is 4.79 Å². The van der Waals surface area contributed by atoms with Crippen LogP contribution in [0.1, 0.15) is 25.8 Å². The maximum Gasteiger partial charge on any atom is 0.120 e. The lowest BCUT2D eigenvalue weighted by Gasteiger charge is -2.07. The van der Waals surface area contributed by atoms with Crippen molar-refractivity contribution in [2.75, 3.05) is 6.61 Å². The Balaban J connectivity index is 2.50. The molecule has 0 saturated heterocycles. The Morgan fingerprint density at radius 3 is 2.50 bits per heavy atom. The average molecular weight is 244 g/mol. The SMILES string of the molecule is C/C=C\C(=C/C)COc1ccc(CCC=O)cc1. The standard InChI is InChI=1S/C16H20O2/c1-3-6-14(4-2)13-18-16-10-8-15(9-11-16)7-5-12-17/h3-4,6,8-12H,5,7,13H2,1-2H3/b6-3-,14-4+. The lowest BCUT2D eigenvalue weighted by molar-refractivity contribution is -0.107. The van der Waals surface area contributed by atoms with Gasteiger partial charge in [0.15, 0.2) is 0 Å². The third-order valence-corrected chi connectivity index (χ3v) is 2.63. The molecule has 1 aromatic rings. The van der Waals surface area contributed by atoms with Gasteiger partial charge in [-0.1, -0.05) is 30.4 Å². The molecule has 0 aliphatic rings. The Morgan fingerprint density at radius 2 is 1.94 bits per heavy atom. The number of carbonyl (C=O) groups is 1. The smallest absolute Gasteiger partial charge is 0.120 e. The summed E-state index contributed by atoms with van der Waals surface area (Å²) in [5.41, 5.74) is 2.32. The quantitative estimate of drug-likeness (QED) is 0.540. The minimum atomic E-state index is 0.574. The third-order valence-electron chi connectivity index (χ3n) is 2.63. The van der Waals surface area contributed by atoms with Crippen molar-refractivity contribution in [3.8, 4) is 5.75 Å². The van der Waals surface area contributed by atoms with E-state index in [-0.39, 0.29) is 0 Å². The van der Waals surface area contributed by atoms with Gasteiger partial charge in [-0.25, -0.2) is 0 Å². The summed E-state index contributed by atoms with van der Waals surface area (Å²) in [5, 5.41) is 0. The summed E-state index contributed by atoms with van der Waals surface area (Å²) in [6, 6.07) is 7.90. The number of hydrogen-bond donors (Lipinski definition) is 0. The molecule has 1 aromatic carbocycles. The molecule has 0 saturated carbocycles. The van der Waals surface area contributed by atoms with E-state index in [2.05, 4.69) is 0 Å². The van der Waals surface area contributed by atoms with Gasteiger partial charge in [-0.05, 0) is 43.5 Å². The summed E-state index contributed by atoms with van der Waals surface area (Å²) in [4.78, 5) is 10.3. The molecule has 96 valence electrons. The van der Waals surface area contributed by atoms with Gasteiger partial charge in [0.2, 0.25) is 0 Å². The van der Waals surface area contributed by atoms with Gasteiger partial charge >= 0.3 is 0 Å². The number of carbonyl (C=O) groups excluding carboxylic acids is 1. The predicted octanol–water partition coefficient (Wildman–Crippen LogP) is 3.72. The molecule has 2 nitrogen and oxygen atoms in total. The van der Waals surface area contributed by atoms with E-state index in [0.717, 1.165) is 29.6 Å². The minimum absolute atomic E-state index is 0.574. The Hall–Kier alpha value is -1.83. The van der Waals surface area contributed by atoms with Crippen LogP contribution in [0.5, 0.6) is 5.75 Å². The van der Waals surface area contributed by atoms with Crippen LogP contribution in [0.25, 0.3) is 0 Å². The summed E-state index contributed by atoms with van der Waals surface area (Å²) in [7, 11) is 0. The van der Waals surface area contributed by atoms with E-state index in [1.807, 2.05) is 56.3 Å². The maximum atomic E-state index is 10.3. The normalized spacial score (nSPS) is 11.8. The first kappa shape index (κ1) is 14.2. The lowest BCUT2D eigenvalue weighted by Crippen LogP contribution is -1.99. The molecule has 0 aromatic heterocycles. The number of aryl methyl sites for hydroxylation is 1. The highest BCUT2D eigenvalue weighted by molar-refractivity contribution is 5.50. The van der Waals surface area contributed by atoms with E-state index >= 15 is 0 Å². The first-order valence-corrected chi connectivity index (χ1v) is 6.23. The van der Waals surface area contributed by atoms with Crippen molar-refractivity contribution < 1.29 is 9.53 Å². The monoisotopic (exact) mass is 244 g/mol. The zero-order valence-corrected chi connectivity index (χ0v) is 11.1. The fraction of sp³-hybridized carbons (Fsp3) is 0.312. The van der Waals surface area contributed by atoms with Crippen molar-refractivity contribution in [1.82, 2.24) is 0 Å². The van der Waals surface area contributed by atoms with Crippen LogP contribution in [0.2, 0.25) is 0 Å². The van der Waals surface area contributed by atoms with Gasteiger partial charge < -0.3 is 9.53 Å². The number of hydrogen-bond acceptors (Lipinski definition) is 2. The van der Waals surface area contributed by atoms with Crippen LogP contribution in [0.4, 0.5) is 0 Å². The van der Waals surface area contributed by atoms with Crippen molar-refractivity contribution in [3.05, 3.63) is 53.6 Å². The fourth-order valence-electron chi connectivity index (χ4n) is 1.59. The Kier molecular flexibility index (Phi) is 6.55. The van der Waals surface area contributed by atoms with Crippen molar-refractivity contribution in [1.29, 1.82) is 0 Å². The van der Waals surface area contributed by atoms with Crippen molar-refractivity contribution >= 4 is 6.29 Å². The second-order valence-electron chi connectivity index (χ2n) is 4.00. The van der Waals surface area contributed by atoms with E-state index in [1.165, 1.54) is 0 Å². The van der Waals surface area contributed by atoms with Crippen LogP contribution in [0.15, 0.2) is 48.1 Å². The second kappa shape index (κ2) is 8.29. The summed E-state index contributed by atoms with van der Waals surface area (Å²) in [5.74, 6) is 0.855. The van der Waals surface area contributed by atoms with Crippen LogP contribution in [-0.4, -0.2) is 12.9 Å². The minimum Gasteiger partial charge on any atom is -0.489 e. The number of benzene rings is 1. The molecular weight excluding hydrogens is 224 g/mol. The molecule has 0 radical (unpaired) electrons. The highest BCUT2D eigenvalue weighted by atomic mass is 16.5. The molecule has 0 unspecified atom stereocenters. The highest BCUT2D eigenvalue weighted by Gasteiger charge is 1.97. The van der Waals surface area contributed by atoms with Gasteiger partial charge in [0, 0.05) is 6.42 Å². The summed E-state index contributed by atoms with van der Waals surface area (Å²) in [6.07, 6.45) is 8.39. The van der Waals surface area contributed by atoms with E-state index in [1.54, 1.807) is 0 Å².